The molecule has 0 aromatic carbocycles. The zero-order valence-electron chi connectivity index (χ0n) is 10.8. The van der Waals surface area contributed by atoms with Crippen LogP contribution in [0.4, 0.5) is 0 Å². The van der Waals surface area contributed by atoms with Crippen molar-refractivity contribution in [2.45, 2.75) is 45.2 Å². The molecule has 2 aliphatic rings. The Morgan fingerprint density at radius 3 is 2.71 bits per heavy atom. The lowest BCUT2D eigenvalue weighted by Gasteiger charge is -2.36. The van der Waals surface area contributed by atoms with Crippen molar-refractivity contribution < 1.29 is 9.53 Å². The van der Waals surface area contributed by atoms with Gasteiger partial charge in [-0.3, -0.25) is 4.79 Å². The fourth-order valence-electron chi connectivity index (χ4n) is 3.01. The van der Waals surface area contributed by atoms with Gasteiger partial charge < -0.3 is 15.8 Å². The number of hydrogen-bond donors (Lipinski definition) is 2. The Morgan fingerprint density at radius 2 is 2.06 bits per heavy atom. The Hall–Kier alpha value is -0.610. The lowest BCUT2D eigenvalue weighted by Crippen LogP contribution is -2.47. The molecule has 3 N–H and O–H groups in total. The van der Waals surface area contributed by atoms with Crippen LogP contribution in [-0.4, -0.2) is 31.2 Å². The molecule has 17 heavy (non-hydrogen) atoms. The van der Waals surface area contributed by atoms with Gasteiger partial charge in [-0.25, -0.2) is 0 Å². The Morgan fingerprint density at radius 1 is 1.29 bits per heavy atom. The molecule has 1 aliphatic carbocycles. The van der Waals surface area contributed by atoms with Crippen LogP contribution >= 0.6 is 0 Å². The fourth-order valence-corrected chi connectivity index (χ4v) is 3.01. The maximum absolute atomic E-state index is 12.2. The standard InChI is InChI=1S/C13H24N2O2/c1-8-5-9(2)12(14)6-11(8)13(16)15-10-3-4-17-7-10/h8-12H,3-7,14H2,1-2H3,(H,15,16). The van der Waals surface area contributed by atoms with Gasteiger partial charge in [0.25, 0.3) is 0 Å². The van der Waals surface area contributed by atoms with Crippen LogP contribution in [0.5, 0.6) is 0 Å². The Bertz CT molecular complexity index is 277. The van der Waals surface area contributed by atoms with Gasteiger partial charge in [-0.2, -0.15) is 0 Å². The molecule has 5 unspecified atom stereocenters. The van der Waals surface area contributed by atoms with E-state index in [1.807, 2.05) is 0 Å². The molecule has 1 saturated heterocycles. The summed E-state index contributed by atoms with van der Waals surface area (Å²) >= 11 is 0. The van der Waals surface area contributed by atoms with Crippen molar-refractivity contribution in [3.8, 4) is 0 Å². The van der Waals surface area contributed by atoms with E-state index >= 15 is 0 Å². The van der Waals surface area contributed by atoms with Crippen LogP contribution in [0.2, 0.25) is 0 Å². The van der Waals surface area contributed by atoms with Crippen LogP contribution in [0.15, 0.2) is 0 Å². The average Bonchev–Trinajstić information content (AvgIpc) is 2.76. The maximum atomic E-state index is 12.2. The lowest BCUT2D eigenvalue weighted by atomic mass is 9.72. The highest BCUT2D eigenvalue weighted by Gasteiger charge is 2.35. The van der Waals surface area contributed by atoms with Gasteiger partial charge in [0, 0.05) is 18.6 Å². The molecule has 98 valence electrons. The molecule has 1 aliphatic heterocycles. The first kappa shape index (κ1) is 12.8. The van der Waals surface area contributed by atoms with E-state index in [4.69, 9.17) is 10.5 Å². The first-order valence-electron chi connectivity index (χ1n) is 6.71. The van der Waals surface area contributed by atoms with Crippen molar-refractivity contribution in [1.82, 2.24) is 5.32 Å². The summed E-state index contributed by atoms with van der Waals surface area (Å²) in [6.07, 6.45) is 2.82. The number of rotatable bonds is 2. The van der Waals surface area contributed by atoms with Crippen molar-refractivity contribution >= 4 is 5.91 Å². The summed E-state index contributed by atoms with van der Waals surface area (Å²) < 4.78 is 5.27. The minimum absolute atomic E-state index is 0.0850. The zero-order valence-corrected chi connectivity index (χ0v) is 10.8. The molecular formula is C13H24N2O2. The quantitative estimate of drug-likeness (QED) is 0.754. The second kappa shape index (κ2) is 5.36. The minimum Gasteiger partial charge on any atom is -0.379 e. The molecule has 0 bridgehead atoms. The van der Waals surface area contributed by atoms with Gasteiger partial charge in [0.15, 0.2) is 0 Å². The van der Waals surface area contributed by atoms with Crippen LogP contribution in [0, 0.1) is 17.8 Å². The Balaban J connectivity index is 1.89. The molecule has 1 amide bonds. The van der Waals surface area contributed by atoms with E-state index in [-0.39, 0.29) is 23.9 Å². The SMILES string of the molecule is CC1CC(C)C(C(=O)NC2CCOC2)CC1N. The van der Waals surface area contributed by atoms with E-state index in [1.54, 1.807) is 0 Å². The molecule has 4 nitrogen and oxygen atoms in total. The minimum atomic E-state index is 0.0850. The monoisotopic (exact) mass is 240 g/mol. The van der Waals surface area contributed by atoms with Crippen LogP contribution in [0.25, 0.3) is 0 Å². The predicted molar refractivity (Wildman–Crippen MR) is 66.4 cm³/mol. The largest absolute Gasteiger partial charge is 0.379 e. The molecule has 1 saturated carbocycles. The third-order valence-electron chi connectivity index (χ3n) is 4.30. The summed E-state index contributed by atoms with van der Waals surface area (Å²) in [5, 5.41) is 3.09. The Labute approximate surface area is 103 Å². The normalized spacial score (nSPS) is 42.4. The molecule has 2 rings (SSSR count). The maximum Gasteiger partial charge on any atom is 0.223 e. The molecule has 0 spiro atoms. The van der Waals surface area contributed by atoms with Crippen LogP contribution < -0.4 is 11.1 Å². The Kier molecular flexibility index (Phi) is 4.05. The summed E-state index contributed by atoms with van der Waals surface area (Å²) in [4.78, 5) is 12.2. The fraction of sp³-hybridized carbons (Fsp3) is 0.923. The first-order valence-corrected chi connectivity index (χ1v) is 6.71. The summed E-state index contributed by atoms with van der Waals surface area (Å²) in [5.41, 5.74) is 6.07. The summed E-state index contributed by atoms with van der Waals surface area (Å²) in [6, 6.07) is 0.382. The van der Waals surface area contributed by atoms with Gasteiger partial charge in [-0.05, 0) is 31.1 Å². The van der Waals surface area contributed by atoms with E-state index in [1.165, 1.54) is 0 Å². The second-order valence-corrected chi connectivity index (χ2v) is 5.77. The second-order valence-electron chi connectivity index (χ2n) is 5.77. The molecule has 0 aromatic heterocycles. The van der Waals surface area contributed by atoms with E-state index in [2.05, 4.69) is 19.2 Å². The number of nitrogens with one attached hydrogen (secondary N) is 1. The zero-order chi connectivity index (χ0) is 12.4. The summed E-state index contributed by atoms with van der Waals surface area (Å²) in [6.45, 7) is 5.77. The smallest absolute Gasteiger partial charge is 0.223 e. The number of carbonyl (C=O) groups is 1. The van der Waals surface area contributed by atoms with Crippen LogP contribution in [0.1, 0.15) is 33.1 Å². The third-order valence-corrected chi connectivity index (χ3v) is 4.30. The summed E-state index contributed by atoms with van der Waals surface area (Å²) in [5.74, 6) is 1.23. The van der Waals surface area contributed by atoms with Crippen LogP contribution in [-0.2, 0) is 9.53 Å². The topological polar surface area (TPSA) is 64.3 Å². The highest BCUT2D eigenvalue weighted by molar-refractivity contribution is 5.79. The van der Waals surface area contributed by atoms with Gasteiger partial charge in [-0.15, -0.1) is 0 Å². The van der Waals surface area contributed by atoms with E-state index in [0.29, 0.717) is 18.4 Å². The van der Waals surface area contributed by atoms with Gasteiger partial charge in [0.2, 0.25) is 5.91 Å². The van der Waals surface area contributed by atoms with Gasteiger partial charge >= 0.3 is 0 Å². The van der Waals surface area contributed by atoms with Gasteiger partial charge in [0.05, 0.1) is 12.6 Å². The van der Waals surface area contributed by atoms with Crippen molar-refractivity contribution in [1.29, 1.82) is 0 Å². The first-order chi connectivity index (χ1) is 8.08. The summed E-state index contributed by atoms with van der Waals surface area (Å²) in [7, 11) is 0. The highest BCUT2D eigenvalue weighted by atomic mass is 16.5. The molecule has 4 heteroatoms. The predicted octanol–water partition coefficient (Wildman–Crippen LogP) is 0.901. The lowest BCUT2D eigenvalue weighted by molar-refractivity contribution is -0.129. The molecule has 2 fully saturated rings. The van der Waals surface area contributed by atoms with Crippen molar-refractivity contribution in [3.63, 3.8) is 0 Å². The van der Waals surface area contributed by atoms with E-state index in [9.17, 15) is 4.79 Å². The average molecular weight is 240 g/mol. The number of hydrogen-bond acceptors (Lipinski definition) is 3. The number of ether oxygens (including phenoxy) is 1. The number of nitrogens with two attached hydrogens (primary N) is 1. The van der Waals surface area contributed by atoms with Crippen molar-refractivity contribution in [2.24, 2.45) is 23.5 Å². The molecule has 0 radical (unpaired) electrons. The number of carbonyl (C=O) groups excluding carboxylic acids is 1. The van der Waals surface area contributed by atoms with E-state index < -0.39 is 0 Å². The van der Waals surface area contributed by atoms with Gasteiger partial charge in [-0.1, -0.05) is 13.8 Å². The third kappa shape index (κ3) is 2.99. The van der Waals surface area contributed by atoms with Crippen molar-refractivity contribution in [3.05, 3.63) is 0 Å². The molecular weight excluding hydrogens is 216 g/mol. The van der Waals surface area contributed by atoms with Crippen LogP contribution in [0.3, 0.4) is 0 Å². The number of amides is 1. The molecule has 5 atom stereocenters. The highest BCUT2D eigenvalue weighted by Crippen LogP contribution is 2.33. The molecule has 1 heterocycles. The molecule has 0 aromatic rings. The van der Waals surface area contributed by atoms with Gasteiger partial charge in [0.1, 0.15) is 0 Å². The van der Waals surface area contributed by atoms with Crippen molar-refractivity contribution in [2.75, 3.05) is 13.2 Å². The van der Waals surface area contributed by atoms with E-state index in [0.717, 1.165) is 25.9 Å².